The number of piperazine rings is 1. The van der Waals surface area contributed by atoms with Gasteiger partial charge in [-0.1, -0.05) is 30.3 Å². The van der Waals surface area contributed by atoms with Crippen molar-refractivity contribution in [3.63, 3.8) is 0 Å². The maximum Gasteiger partial charge on any atom is 0.216 e. The highest BCUT2D eigenvalue weighted by molar-refractivity contribution is 7.89. The van der Waals surface area contributed by atoms with E-state index in [-0.39, 0.29) is 11.8 Å². The summed E-state index contributed by atoms with van der Waals surface area (Å²) in [5.74, 6) is 0.261. The Balaban J connectivity index is 1.53. The van der Waals surface area contributed by atoms with Gasteiger partial charge in [-0.15, -0.1) is 0 Å². The van der Waals surface area contributed by atoms with E-state index in [9.17, 15) is 8.42 Å². The topological polar surface area (TPSA) is 47.1 Å². The third kappa shape index (κ3) is 5.01. The van der Waals surface area contributed by atoms with Crippen LogP contribution in [-0.4, -0.2) is 99.1 Å². The maximum absolute atomic E-state index is 12.5. The van der Waals surface area contributed by atoms with Gasteiger partial charge in [0.2, 0.25) is 10.0 Å². The van der Waals surface area contributed by atoms with Crippen molar-refractivity contribution in [2.24, 2.45) is 0 Å². The van der Waals surface area contributed by atoms with Gasteiger partial charge in [0, 0.05) is 58.4 Å². The Morgan fingerprint density at radius 2 is 1.76 bits per heavy atom. The predicted molar refractivity (Wildman–Crippen MR) is 101 cm³/mol. The molecule has 0 spiro atoms. The zero-order valence-corrected chi connectivity index (χ0v) is 16.2. The van der Waals surface area contributed by atoms with Crippen LogP contribution in [0.2, 0.25) is 0 Å². The van der Waals surface area contributed by atoms with Crippen molar-refractivity contribution in [2.45, 2.75) is 12.6 Å². The van der Waals surface area contributed by atoms with Gasteiger partial charge in [0.1, 0.15) is 0 Å². The summed E-state index contributed by atoms with van der Waals surface area (Å²) >= 11 is 0. The Kier molecular flexibility index (Phi) is 6.12. The van der Waals surface area contributed by atoms with Crippen molar-refractivity contribution in [1.82, 2.24) is 19.0 Å². The van der Waals surface area contributed by atoms with Crippen molar-refractivity contribution in [1.29, 1.82) is 0 Å². The summed E-state index contributed by atoms with van der Waals surface area (Å²) in [4.78, 5) is 7.05. The van der Waals surface area contributed by atoms with E-state index < -0.39 is 10.0 Å². The minimum absolute atomic E-state index is 0.129. The van der Waals surface area contributed by atoms with E-state index in [0.29, 0.717) is 13.1 Å². The van der Waals surface area contributed by atoms with Crippen LogP contribution in [0.1, 0.15) is 5.56 Å². The summed E-state index contributed by atoms with van der Waals surface area (Å²) in [5, 5.41) is 0. The van der Waals surface area contributed by atoms with E-state index in [4.69, 9.17) is 0 Å². The lowest BCUT2D eigenvalue weighted by atomic mass is 10.2. The van der Waals surface area contributed by atoms with Gasteiger partial charge in [0.25, 0.3) is 0 Å². The molecule has 2 saturated heterocycles. The van der Waals surface area contributed by atoms with Gasteiger partial charge in [-0.25, -0.2) is 8.42 Å². The van der Waals surface area contributed by atoms with Gasteiger partial charge in [0.05, 0.1) is 5.75 Å². The molecule has 2 aliphatic rings. The lowest BCUT2D eigenvalue weighted by Crippen LogP contribution is -2.52. The summed E-state index contributed by atoms with van der Waals surface area (Å²) in [6.07, 6.45) is 0. The number of hydrogen-bond acceptors (Lipinski definition) is 5. The van der Waals surface area contributed by atoms with Crippen molar-refractivity contribution >= 4 is 10.0 Å². The third-order valence-corrected chi connectivity index (χ3v) is 7.07. The molecule has 2 heterocycles. The van der Waals surface area contributed by atoms with E-state index in [0.717, 1.165) is 44.8 Å². The highest BCUT2D eigenvalue weighted by atomic mass is 32.2. The number of nitrogens with zero attached hydrogens (tertiary/aromatic N) is 4. The second kappa shape index (κ2) is 8.14. The lowest BCUT2D eigenvalue weighted by molar-refractivity contribution is 0.0964. The number of benzene rings is 1. The number of likely N-dealkylation sites (N-methyl/N-ethyl adjacent to an activating group) is 1. The molecule has 0 amide bonds. The smallest absolute Gasteiger partial charge is 0.216 e. The van der Waals surface area contributed by atoms with Gasteiger partial charge in [-0.3, -0.25) is 9.80 Å². The summed E-state index contributed by atoms with van der Waals surface area (Å²) in [6.45, 7) is 7.26. The Bertz CT molecular complexity index is 642. The van der Waals surface area contributed by atoms with Crippen LogP contribution in [0.3, 0.4) is 0 Å². The molecular formula is C18H30N4O2S. The SMILES string of the molecule is CN(C)CCN1CCN(C2CN(Cc3ccccc3)S(=O)(=O)C2)CC1. The van der Waals surface area contributed by atoms with E-state index in [1.807, 2.05) is 30.3 Å². The van der Waals surface area contributed by atoms with E-state index in [1.54, 1.807) is 4.31 Å². The van der Waals surface area contributed by atoms with Crippen LogP contribution in [0.5, 0.6) is 0 Å². The highest BCUT2D eigenvalue weighted by Crippen LogP contribution is 2.22. The van der Waals surface area contributed by atoms with Gasteiger partial charge in [-0.2, -0.15) is 4.31 Å². The average molecular weight is 367 g/mol. The van der Waals surface area contributed by atoms with Crippen molar-refractivity contribution in [2.75, 3.05) is 65.7 Å². The number of sulfonamides is 1. The molecule has 0 bridgehead atoms. The van der Waals surface area contributed by atoms with Crippen LogP contribution < -0.4 is 0 Å². The molecule has 3 rings (SSSR count). The molecule has 6 nitrogen and oxygen atoms in total. The van der Waals surface area contributed by atoms with E-state index >= 15 is 0 Å². The van der Waals surface area contributed by atoms with Crippen LogP contribution in [-0.2, 0) is 16.6 Å². The second-order valence-electron chi connectivity index (χ2n) is 7.39. The van der Waals surface area contributed by atoms with Crippen molar-refractivity contribution in [3.05, 3.63) is 35.9 Å². The van der Waals surface area contributed by atoms with Crippen LogP contribution >= 0.6 is 0 Å². The zero-order chi connectivity index (χ0) is 17.9. The first kappa shape index (κ1) is 18.8. The summed E-state index contributed by atoms with van der Waals surface area (Å²) in [5.41, 5.74) is 1.06. The van der Waals surface area contributed by atoms with Gasteiger partial charge in [-0.05, 0) is 19.7 Å². The van der Waals surface area contributed by atoms with Gasteiger partial charge < -0.3 is 4.90 Å². The standard InChI is InChI=1S/C18H30N4O2S/c1-19(2)8-9-20-10-12-21(13-11-20)18-15-22(25(23,24)16-18)14-17-6-4-3-5-7-17/h3-7,18H,8-16H2,1-2H3. The molecule has 0 aliphatic carbocycles. The Labute approximate surface area is 152 Å². The largest absolute Gasteiger partial charge is 0.308 e. The molecule has 0 N–H and O–H groups in total. The minimum Gasteiger partial charge on any atom is -0.308 e. The second-order valence-corrected chi connectivity index (χ2v) is 9.40. The molecular weight excluding hydrogens is 336 g/mol. The first-order valence-electron chi connectivity index (χ1n) is 9.07. The molecule has 7 heteroatoms. The summed E-state index contributed by atoms with van der Waals surface area (Å²) < 4.78 is 26.7. The molecule has 25 heavy (non-hydrogen) atoms. The van der Waals surface area contributed by atoms with Gasteiger partial charge >= 0.3 is 0 Å². The monoisotopic (exact) mass is 366 g/mol. The van der Waals surface area contributed by atoms with Gasteiger partial charge in [0.15, 0.2) is 0 Å². The van der Waals surface area contributed by atoms with Crippen LogP contribution in [0, 0.1) is 0 Å². The molecule has 140 valence electrons. The fraction of sp³-hybridized carbons (Fsp3) is 0.667. The van der Waals surface area contributed by atoms with E-state index in [1.165, 1.54) is 0 Å². The number of hydrogen-bond donors (Lipinski definition) is 0. The van der Waals surface area contributed by atoms with E-state index in [2.05, 4.69) is 28.8 Å². The minimum atomic E-state index is -3.15. The van der Waals surface area contributed by atoms with Crippen LogP contribution in [0.4, 0.5) is 0 Å². The lowest BCUT2D eigenvalue weighted by Gasteiger charge is -2.37. The van der Waals surface area contributed by atoms with Crippen molar-refractivity contribution < 1.29 is 8.42 Å². The third-order valence-electron chi connectivity index (χ3n) is 5.20. The molecule has 2 aliphatic heterocycles. The fourth-order valence-electron chi connectivity index (χ4n) is 3.61. The van der Waals surface area contributed by atoms with Crippen LogP contribution in [0.25, 0.3) is 0 Å². The molecule has 1 atom stereocenters. The quantitative estimate of drug-likeness (QED) is 0.728. The Morgan fingerprint density at radius 1 is 1.08 bits per heavy atom. The Hall–Kier alpha value is -0.990. The molecule has 0 saturated carbocycles. The van der Waals surface area contributed by atoms with Crippen LogP contribution in [0.15, 0.2) is 30.3 Å². The first-order chi connectivity index (χ1) is 11.9. The highest BCUT2D eigenvalue weighted by Gasteiger charge is 2.39. The molecule has 0 radical (unpaired) electrons. The normalized spacial score (nSPS) is 25.6. The molecule has 2 fully saturated rings. The predicted octanol–water partition coefficient (Wildman–Crippen LogP) is 0.380. The zero-order valence-electron chi connectivity index (χ0n) is 15.3. The number of rotatable bonds is 6. The Morgan fingerprint density at radius 3 is 2.40 bits per heavy atom. The molecule has 0 aromatic heterocycles. The fourth-order valence-corrected chi connectivity index (χ4v) is 5.37. The van der Waals surface area contributed by atoms with Crippen molar-refractivity contribution in [3.8, 4) is 0 Å². The first-order valence-corrected chi connectivity index (χ1v) is 10.7. The maximum atomic E-state index is 12.5. The summed E-state index contributed by atoms with van der Waals surface area (Å²) in [7, 11) is 1.05. The molecule has 1 aromatic rings. The molecule has 1 unspecified atom stereocenters. The molecule has 1 aromatic carbocycles. The average Bonchev–Trinajstić information content (AvgIpc) is 2.89. The summed E-state index contributed by atoms with van der Waals surface area (Å²) in [6, 6.07) is 9.99.